The summed E-state index contributed by atoms with van der Waals surface area (Å²) in [6.07, 6.45) is 0.392. The zero-order chi connectivity index (χ0) is 11.3. The van der Waals surface area contributed by atoms with Gasteiger partial charge in [0, 0.05) is 24.7 Å². The number of carbonyl (C=O) groups excluding carboxylic acids is 1. The quantitative estimate of drug-likeness (QED) is 0.816. The first-order valence-electron chi connectivity index (χ1n) is 5.26. The van der Waals surface area contributed by atoms with Crippen LogP contribution in [-0.2, 0) is 4.79 Å². The SMILES string of the molecule is CCN(C(=O)CC(C)N)c1ccccc1. The lowest BCUT2D eigenvalue weighted by Crippen LogP contribution is -2.34. The Bertz CT molecular complexity index is 309. The van der Waals surface area contributed by atoms with E-state index in [2.05, 4.69) is 0 Å². The van der Waals surface area contributed by atoms with Crippen LogP contribution in [0.25, 0.3) is 0 Å². The van der Waals surface area contributed by atoms with Gasteiger partial charge in [-0.05, 0) is 26.0 Å². The molecule has 0 aliphatic rings. The van der Waals surface area contributed by atoms with Crippen LogP contribution in [0.1, 0.15) is 20.3 Å². The van der Waals surface area contributed by atoms with Crippen LogP contribution in [0.2, 0.25) is 0 Å². The van der Waals surface area contributed by atoms with Crippen molar-refractivity contribution in [3.63, 3.8) is 0 Å². The highest BCUT2D eigenvalue weighted by Crippen LogP contribution is 2.14. The highest BCUT2D eigenvalue weighted by Gasteiger charge is 2.14. The van der Waals surface area contributed by atoms with Crippen LogP contribution in [0.4, 0.5) is 5.69 Å². The fraction of sp³-hybridized carbons (Fsp3) is 0.417. The molecule has 15 heavy (non-hydrogen) atoms. The molecule has 3 nitrogen and oxygen atoms in total. The maximum absolute atomic E-state index is 11.8. The first kappa shape index (κ1) is 11.7. The van der Waals surface area contributed by atoms with E-state index in [9.17, 15) is 4.79 Å². The predicted octanol–water partition coefficient (Wildman–Crippen LogP) is 1.78. The zero-order valence-electron chi connectivity index (χ0n) is 9.31. The molecular formula is C12H18N2O. The molecule has 0 spiro atoms. The zero-order valence-corrected chi connectivity index (χ0v) is 9.31. The molecule has 3 heteroatoms. The molecule has 0 aliphatic carbocycles. The monoisotopic (exact) mass is 206 g/mol. The molecule has 0 radical (unpaired) electrons. The van der Waals surface area contributed by atoms with E-state index in [4.69, 9.17) is 5.73 Å². The molecule has 1 unspecified atom stereocenters. The standard InChI is InChI=1S/C12H18N2O/c1-3-14(12(15)9-10(2)13)11-7-5-4-6-8-11/h4-8,10H,3,9,13H2,1-2H3. The molecule has 0 heterocycles. The third-order valence-electron chi connectivity index (χ3n) is 2.18. The molecule has 0 bridgehead atoms. The van der Waals surface area contributed by atoms with E-state index in [-0.39, 0.29) is 11.9 Å². The van der Waals surface area contributed by atoms with Crippen molar-refractivity contribution in [1.29, 1.82) is 0 Å². The number of benzene rings is 1. The predicted molar refractivity (Wildman–Crippen MR) is 62.7 cm³/mol. The van der Waals surface area contributed by atoms with Gasteiger partial charge < -0.3 is 10.6 Å². The Morgan fingerprint density at radius 1 is 1.40 bits per heavy atom. The van der Waals surface area contributed by atoms with Crippen LogP contribution >= 0.6 is 0 Å². The van der Waals surface area contributed by atoms with Gasteiger partial charge in [-0.1, -0.05) is 18.2 Å². The molecule has 0 fully saturated rings. The summed E-state index contributed by atoms with van der Waals surface area (Å²) in [6.45, 7) is 4.48. The minimum Gasteiger partial charge on any atom is -0.327 e. The first-order valence-corrected chi connectivity index (χ1v) is 5.26. The fourth-order valence-electron chi connectivity index (χ4n) is 1.50. The fourth-order valence-corrected chi connectivity index (χ4v) is 1.50. The Labute approximate surface area is 90.9 Å². The van der Waals surface area contributed by atoms with E-state index >= 15 is 0 Å². The molecule has 0 saturated carbocycles. The summed E-state index contributed by atoms with van der Waals surface area (Å²) in [7, 11) is 0. The molecule has 1 aromatic rings. The molecule has 1 amide bonds. The van der Waals surface area contributed by atoms with Crippen LogP contribution in [0.5, 0.6) is 0 Å². The molecule has 0 aliphatic heterocycles. The van der Waals surface area contributed by atoms with Crippen LogP contribution in [0, 0.1) is 0 Å². The molecule has 1 rings (SSSR count). The van der Waals surface area contributed by atoms with E-state index < -0.39 is 0 Å². The third-order valence-corrected chi connectivity index (χ3v) is 2.18. The summed E-state index contributed by atoms with van der Waals surface area (Å²) in [5.74, 6) is 0.0821. The number of para-hydroxylation sites is 1. The summed E-state index contributed by atoms with van der Waals surface area (Å²) >= 11 is 0. The minimum absolute atomic E-state index is 0.0821. The molecule has 1 aromatic carbocycles. The van der Waals surface area contributed by atoms with E-state index in [0.717, 1.165) is 5.69 Å². The van der Waals surface area contributed by atoms with E-state index in [1.165, 1.54) is 0 Å². The van der Waals surface area contributed by atoms with Gasteiger partial charge in [-0.2, -0.15) is 0 Å². The normalized spacial score (nSPS) is 12.2. The van der Waals surface area contributed by atoms with Crippen molar-refractivity contribution in [2.75, 3.05) is 11.4 Å². The first-order chi connectivity index (χ1) is 7.15. The molecular weight excluding hydrogens is 188 g/mol. The summed E-state index contributed by atoms with van der Waals surface area (Å²) in [5.41, 5.74) is 6.55. The van der Waals surface area contributed by atoms with Gasteiger partial charge in [0.15, 0.2) is 0 Å². The number of amides is 1. The maximum Gasteiger partial charge on any atom is 0.228 e. The average molecular weight is 206 g/mol. The van der Waals surface area contributed by atoms with Crippen LogP contribution in [0.15, 0.2) is 30.3 Å². The maximum atomic E-state index is 11.8. The second-order valence-electron chi connectivity index (χ2n) is 3.65. The number of hydrogen-bond acceptors (Lipinski definition) is 2. The van der Waals surface area contributed by atoms with Gasteiger partial charge in [0.05, 0.1) is 0 Å². The lowest BCUT2D eigenvalue weighted by Gasteiger charge is -2.21. The van der Waals surface area contributed by atoms with Crippen LogP contribution in [-0.4, -0.2) is 18.5 Å². The third kappa shape index (κ3) is 3.36. The second-order valence-corrected chi connectivity index (χ2v) is 3.65. The van der Waals surface area contributed by atoms with Gasteiger partial charge >= 0.3 is 0 Å². The largest absolute Gasteiger partial charge is 0.327 e. The molecule has 0 aromatic heterocycles. The molecule has 82 valence electrons. The van der Waals surface area contributed by atoms with Crippen molar-refractivity contribution in [3.8, 4) is 0 Å². The van der Waals surface area contributed by atoms with Gasteiger partial charge in [-0.25, -0.2) is 0 Å². The summed E-state index contributed by atoms with van der Waals surface area (Å²) in [6, 6.07) is 9.57. The van der Waals surface area contributed by atoms with E-state index in [1.807, 2.05) is 44.2 Å². The highest BCUT2D eigenvalue weighted by atomic mass is 16.2. The number of nitrogens with zero attached hydrogens (tertiary/aromatic N) is 1. The van der Waals surface area contributed by atoms with Gasteiger partial charge in [0.2, 0.25) is 5.91 Å². The van der Waals surface area contributed by atoms with Gasteiger partial charge in [-0.15, -0.1) is 0 Å². The number of hydrogen-bond donors (Lipinski definition) is 1. The summed E-state index contributed by atoms with van der Waals surface area (Å²) < 4.78 is 0. The second kappa shape index (κ2) is 5.51. The molecule has 0 saturated heterocycles. The van der Waals surface area contributed by atoms with Crippen molar-refractivity contribution in [2.45, 2.75) is 26.3 Å². The Morgan fingerprint density at radius 2 is 2.00 bits per heavy atom. The van der Waals surface area contributed by atoms with Crippen molar-refractivity contribution in [3.05, 3.63) is 30.3 Å². The van der Waals surface area contributed by atoms with Gasteiger partial charge in [-0.3, -0.25) is 4.79 Å². The van der Waals surface area contributed by atoms with Crippen LogP contribution < -0.4 is 10.6 Å². The van der Waals surface area contributed by atoms with Crippen LogP contribution in [0.3, 0.4) is 0 Å². The number of carbonyl (C=O) groups is 1. The average Bonchev–Trinajstić information content (AvgIpc) is 2.19. The topological polar surface area (TPSA) is 46.3 Å². The molecule has 1 atom stereocenters. The Hall–Kier alpha value is -1.35. The summed E-state index contributed by atoms with van der Waals surface area (Å²) in [4.78, 5) is 13.6. The summed E-state index contributed by atoms with van der Waals surface area (Å²) in [5, 5.41) is 0. The van der Waals surface area contributed by atoms with E-state index in [0.29, 0.717) is 13.0 Å². The number of rotatable bonds is 4. The van der Waals surface area contributed by atoms with Gasteiger partial charge in [0.25, 0.3) is 0 Å². The smallest absolute Gasteiger partial charge is 0.228 e. The number of nitrogens with two attached hydrogens (primary N) is 1. The van der Waals surface area contributed by atoms with Gasteiger partial charge in [0.1, 0.15) is 0 Å². The van der Waals surface area contributed by atoms with E-state index in [1.54, 1.807) is 4.90 Å². The lowest BCUT2D eigenvalue weighted by molar-refractivity contribution is -0.118. The lowest BCUT2D eigenvalue weighted by atomic mass is 10.2. The number of anilines is 1. The highest BCUT2D eigenvalue weighted by molar-refractivity contribution is 5.93. The van der Waals surface area contributed by atoms with Crippen molar-refractivity contribution in [1.82, 2.24) is 0 Å². The van der Waals surface area contributed by atoms with Crippen molar-refractivity contribution in [2.24, 2.45) is 5.73 Å². The Morgan fingerprint density at radius 3 is 2.47 bits per heavy atom. The van der Waals surface area contributed by atoms with Crippen molar-refractivity contribution < 1.29 is 4.79 Å². The molecule has 2 N–H and O–H groups in total. The minimum atomic E-state index is -0.0877. The Kier molecular flexibility index (Phi) is 4.31. The Balaban J connectivity index is 2.76. The van der Waals surface area contributed by atoms with Crippen molar-refractivity contribution >= 4 is 11.6 Å².